The third-order valence-corrected chi connectivity index (χ3v) is 8.33. The Bertz CT molecular complexity index is 1640. The fourth-order valence-electron chi connectivity index (χ4n) is 4.85. The number of aliphatic imine (C=N–C) groups is 1. The molecule has 15 heteroatoms. The van der Waals surface area contributed by atoms with Gasteiger partial charge in [-0.1, -0.05) is 12.1 Å². The number of carbonyl (C=O) groups is 4. The van der Waals surface area contributed by atoms with Crippen molar-refractivity contribution in [1.82, 2.24) is 9.69 Å². The molecule has 1 heterocycles. The number of amides is 2. The van der Waals surface area contributed by atoms with Gasteiger partial charge in [0.2, 0.25) is 11.8 Å². The van der Waals surface area contributed by atoms with Gasteiger partial charge < -0.3 is 42.4 Å². The smallest absolute Gasteiger partial charge is 0.305 e. The molecule has 3 aromatic rings. The number of methoxy groups -OCH3 is 2. The average Bonchev–Trinajstić information content (AvgIpc) is 3.52. The lowest BCUT2D eigenvalue weighted by atomic mass is 9.95. The van der Waals surface area contributed by atoms with Crippen LogP contribution in [-0.4, -0.2) is 72.4 Å². The van der Waals surface area contributed by atoms with Gasteiger partial charge in [-0.25, -0.2) is 0 Å². The maximum atomic E-state index is 13.6. The third kappa shape index (κ3) is 10.2. The Morgan fingerprint density at radius 1 is 1.00 bits per heavy atom. The summed E-state index contributed by atoms with van der Waals surface area (Å²) in [6, 6.07) is 8.13. The molecule has 0 bridgehead atoms. The van der Waals surface area contributed by atoms with Crippen molar-refractivity contribution in [2.75, 3.05) is 32.6 Å². The second-order valence-electron chi connectivity index (χ2n) is 10.9. The highest BCUT2D eigenvalue weighted by Gasteiger charge is 2.25. The number of carbonyl (C=O) groups excluding carboxylic acids is 3. The molecule has 2 atom stereocenters. The number of nitrogens with zero attached hydrogens (tertiary/aromatic N) is 2. The summed E-state index contributed by atoms with van der Waals surface area (Å²) in [6.45, 7) is 3.85. The molecule has 2 aromatic carbocycles. The largest absolute Gasteiger partial charge is 0.496 e. The number of rotatable bonds is 17. The van der Waals surface area contributed by atoms with Gasteiger partial charge in [0.1, 0.15) is 11.5 Å². The van der Waals surface area contributed by atoms with Crippen molar-refractivity contribution in [1.29, 1.82) is 0 Å². The highest BCUT2D eigenvalue weighted by atomic mass is 32.1. The molecular weight excluding hydrogens is 626 g/mol. The number of ketones is 1. The number of hydrogen-bond donors (Lipinski definition) is 6. The summed E-state index contributed by atoms with van der Waals surface area (Å²) in [7, 11) is 3.12. The van der Waals surface area contributed by atoms with Crippen LogP contribution in [0.5, 0.6) is 11.5 Å². The summed E-state index contributed by atoms with van der Waals surface area (Å²) in [4.78, 5) is 54.3. The lowest BCUT2D eigenvalue weighted by Gasteiger charge is -2.18. The molecular formula is C32H41N7O7S. The molecule has 0 unspecified atom stereocenters. The van der Waals surface area contributed by atoms with E-state index in [0.717, 1.165) is 38.4 Å². The Kier molecular flexibility index (Phi) is 13.2. The van der Waals surface area contributed by atoms with Crippen LogP contribution in [0.15, 0.2) is 41.5 Å². The van der Waals surface area contributed by atoms with Gasteiger partial charge in [-0.3, -0.25) is 24.2 Å². The molecule has 47 heavy (non-hydrogen) atoms. The summed E-state index contributed by atoms with van der Waals surface area (Å²) < 4.78 is 15.6. The van der Waals surface area contributed by atoms with Gasteiger partial charge in [-0.2, -0.15) is 4.37 Å². The predicted octanol–water partition coefficient (Wildman–Crippen LogP) is 2.60. The van der Waals surface area contributed by atoms with Gasteiger partial charge >= 0.3 is 5.97 Å². The van der Waals surface area contributed by atoms with Crippen molar-refractivity contribution in [2.45, 2.75) is 45.6 Å². The van der Waals surface area contributed by atoms with Crippen molar-refractivity contribution in [2.24, 2.45) is 28.1 Å². The van der Waals surface area contributed by atoms with Crippen molar-refractivity contribution in [3.63, 3.8) is 0 Å². The van der Waals surface area contributed by atoms with Crippen LogP contribution in [0.2, 0.25) is 0 Å². The average molecular weight is 668 g/mol. The van der Waals surface area contributed by atoms with E-state index >= 15 is 0 Å². The van der Waals surface area contributed by atoms with Crippen molar-refractivity contribution >= 4 is 46.7 Å². The monoisotopic (exact) mass is 667 g/mol. The van der Waals surface area contributed by atoms with Crippen molar-refractivity contribution in [3.8, 4) is 33.1 Å². The Morgan fingerprint density at radius 3 is 2.38 bits per heavy atom. The molecule has 9 N–H and O–H groups in total. The van der Waals surface area contributed by atoms with Crippen molar-refractivity contribution < 1.29 is 33.8 Å². The van der Waals surface area contributed by atoms with E-state index in [1.54, 1.807) is 25.4 Å². The van der Waals surface area contributed by atoms with E-state index in [2.05, 4.69) is 26.1 Å². The number of benzene rings is 2. The Morgan fingerprint density at radius 2 is 1.72 bits per heavy atom. The fraction of sp³-hybridized carbons (Fsp3) is 0.375. The van der Waals surface area contributed by atoms with E-state index in [1.807, 2.05) is 26.0 Å². The zero-order valence-electron chi connectivity index (χ0n) is 26.8. The number of nitrogens with one attached hydrogen (secondary N) is 2. The number of Topliss-reactive ketones (excluding diaryl/α,β-unsaturated/α-hetero) is 1. The van der Waals surface area contributed by atoms with E-state index in [0.29, 0.717) is 17.9 Å². The predicted molar refractivity (Wildman–Crippen MR) is 180 cm³/mol. The second-order valence-corrected chi connectivity index (χ2v) is 11.7. The van der Waals surface area contributed by atoms with Crippen LogP contribution in [0.3, 0.4) is 0 Å². The number of carboxylic acids is 1. The van der Waals surface area contributed by atoms with Crippen LogP contribution in [0.1, 0.15) is 36.8 Å². The number of aliphatic carboxylic acids is 1. The minimum absolute atomic E-state index is 0.0921. The summed E-state index contributed by atoms with van der Waals surface area (Å²) >= 11 is 1.34. The second kappa shape index (κ2) is 17.1. The molecule has 0 aliphatic rings. The van der Waals surface area contributed by atoms with Crippen LogP contribution in [0, 0.1) is 19.8 Å². The third-order valence-electron chi connectivity index (χ3n) is 7.48. The molecule has 0 radical (unpaired) electrons. The number of carboxylic acid groups (broad SMARTS) is 1. The Labute approximate surface area is 276 Å². The molecule has 1 aromatic heterocycles. The maximum Gasteiger partial charge on any atom is 0.305 e. The van der Waals surface area contributed by atoms with Gasteiger partial charge in [0.25, 0.3) is 0 Å². The van der Waals surface area contributed by atoms with Gasteiger partial charge in [0.05, 0.1) is 43.8 Å². The number of guanidine groups is 1. The van der Waals surface area contributed by atoms with Gasteiger partial charge in [-0.05, 0) is 78.7 Å². The van der Waals surface area contributed by atoms with Crippen molar-refractivity contribution in [3.05, 3.63) is 47.7 Å². The van der Waals surface area contributed by atoms with E-state index in [9.17, 15) is 19.2 Å². The zero-order chi connectivity index (χ0) is 34.7. The molecule has 2 amide bonds. The number of aryl methyl sites for hydroxylation is 1. The van der Waals surface area contributed by atoms with E-state index in [1.165, 1.54) is 18.6 Å². The minimum atomic E-state index is -1.31. The first kappa shape index (κ1) is 36.4. The first-order chi connectivity index (χ1) is 22.3. The number of ether oxygens (including phenoxy) is 2. The Hall–Kier alpha value is -5.02. The quantitative estimate of drug-likeness (QED) is 0.0695. The topological polar surface area (TPSA) is 234 Å². The van der Waals surface area contributed by atoms with Crippen LogP contribution in [-0.2, 0) is 19.2 Å². The molecule has 0 spiro atoms. The first-order valence-electron chi connectivity index (χ1n) is 14.8. The summed E-state index contributed by atoms with van der Waals surface area (Å²) in [5.41, 5.74) is 21.5. The first-order valence-corrected chi connectivity index (χ1v) is 15.5. The standard InChI is InChI=1S/C32H41N7O7S/c1-17-10-21(13-27(46-4)18(17)2)29-23(16-38-47-29)19-7-8-26(45-3)25(12-19)39-30(43)20(6-5-9-36-32(34)35)11-22(40)15-37-31(44)24(33)14-28(41)42/h7-8,10,12-13,16,20,24H,5-6,9,11,14-15,33H2,1-4H3,(H,37,44)(H,39,43)(H,41,42)(H4,34,35,36)/t20-,24+/m1/s1. The van der Waals surface area contributed by atoms with Crippen LogP contribution in [0.25, 0.3) is 21.6 Å². The highest BCUT2D eigenvalue weighted by molar-refractivity contribution is 7.10. The summed E-state index contributed by atoms with van der Waals surface area (Å²) in [5, 5.41) is 14.1. The van der Waals surface area contributed by atoms with Gasteiger partial charge in [-0.15, -0.1) is 0 Å². The van der Waals surface area contributed by atoms with Gasteiger partial charge in [0.15, 0.2) is 11.7 Å². The van der Waals surface area contributed by atoms with E-state index < -0.39 is 48.5 Å². The lowest BCUT2D eigenvalue weighted by Crippen LogP contribution is -2.44. The van der Waals surface area contributed by atoms with E-state index in [-0.39, 0.29) is 25.3 Å². The van der Waals surface area contributed by atoms with Crippen LogP contribution < -0.4 is 37.3 Å². The molecule has 0 saturated carbocycles. The molecule has 3 rings (SSSR count). The number of aromatic nitrogens is 1. The SMILES string of the molecule is COc1ccc(-c2cnsc2-c2cc(C)c(C)c(OC)c2)cc1NC(=O)[C@H](CCCN=C(N)N)CC(=O)CNC(=O)[C@@H](N)CC(=O)O. The zero-order valence-corrected chi connectivity index (χ0v) is 27.6. The summed E-state index contributed by atoms with van der Waals surface area (Å²) in [6.07, 6.45) is 1.63. The normalized spacial score (nSPS) is 12.0. The minimum Gasteiger partial charge on any atom is -0.496 e. The number of anilines is 1. The van der Waals surface area contributed by atoms with Crippen LogP contribution >= 0.6 is 11.5 Å². The number of nitrogens with two attached hydrogens (primary N) is 3. The van der Waals surface area contributed by atoms with Gasteiger partial charge in [0, 0.05) is 30.6 Å². The number of hydrogen-bond acceptors (Lipinski definition) is 10. The van der Waals surface area contributed by atoms with E-state index in [4.69, 9.17) is 31.8 Å². The highest BCUT2D eigenvalue weighted by Crippen LogP contribution is 2.40. The van der Waals surface area contributed by atoms with Crippen LogP contribution in [0.4, 0.5) is 5.69 Å². The fourth-order valence-corrected chi connectivity index (χ4v) is 5.60. The molecule has 0 saturated heterocycles. The molecule has 252 valence electrons. The molecule has 0 fully saturated rings. The summed E-state index contributed by atoms with van der Waals surface area (Å²) in [5.74, 6) is -2.64. The molecule has 0 aliphatic carbocycles. The maximum absolute atomic E-state index is 13.6. The Balaban J connectivity index is 1.85. The molecule has 0 aliphatic heterocycles. The molecule has 14 nitrogen and oxygen atoms in total. The lowest BCUT2D eigenvalue weighted by molar-refractivity contribution is -0.139.